The van der Waals surface area contributed by atoms with Crippen molar-refractivity contribution in [3.05, 3.63) is 23.9 Å². The smallest absolute Gasteiger partial charge is 0.213 e. The molecule has 0 radical (unpaired) electrons. The number of methoxy groups -OCH3 is 1. The highest BCUT2D eigenvalue weighted by atomic mass is 16.5. The maximum absolute atomic E-state index is 6.02. The Morgan fingerprint density at radius 3 is 2.57 bits per heavy atom. The fourth-order valence-corrected chi connectivity index (χ4v) is 4.14. The zero-order chi connectivity index (χ0) is 21.0. The van der Waals surface area contributed by atoms with Gasteiger partial charge in [-0.25, -0.2) is 4.98 Å². The van der Waals surface area contributed by atoms with Gasteiger partial charge in [0.05, 0.1) is 6.10 Å². The topological polar surface area (TPSA) is 68.2 Å². The molecule has 1 N–H and O–H groups in total. The van der Waals surface area contributed by atoms with E-state index in [0.29, 0.717) is 18.8 Å². The third-order valence-corrected chi connectivity index (χ3v) is 5.89. The van der Waals surface area contributed by atoms with E-state index in [2.05, 4.69) is 26.3 Å². The lowest BCUT2D eigenvalue weighted by Crippen LogP contribution is -2.46. The van der Waals surface area contributed by atoms with Gasteiger partial charge in [0, 0.05) is 59.3 Å². The lowest BCUT2D eigenvalue weighted by molar-refractivity contribution is 0.00989. The second kappa shape index (κ2) is 12.7. The molecule has 1 aliphatic heterocycles. The number of pyridine rings is 1. The fourth-order valence-electron chi connectivity index (χ4n) is 4.14. The van der Waals surface area contributed by atoms with Crippen LogP contribution in [0.25, 0.3) is 0 Å². The lowest BCUT2D eigenvalue weighted by atomic mass is 9.98. The van der Waals surface area contributed by atoms with Crippen molar-refractivity contribution in [1.29, 1.82) is 0 Å². The van der Waals surface area contributed by atoms with Crippen molar-refractivity contribution in [2.45, 2.75) is 70.1 Å². The Labute approximate surface area is 181 Å². The summed E-state index contributed by atoms with van der Waals surface area (Å²) in [6, 6.07) is 4.08. The highest BCUT2D eigenvalue weighted by Gasteiger charge is 2.22. The van der Waals surface area contributed by atoms with Gasteiger partial charge in [0.15, 0.2) is 5.96 Å². The summed E-state index contributed by atoms with van der Waals surface area (Å²) in [7, 11) is 3.57. The minimum atomic E-state index is 0.334. The number of ether oxygens (including phenoxy) is 3. The van der Waals surface area contributed by atoms with Crippen molar-refractivity contribution >= 4 is 5.96 Å². The number of nitrogens with one attached hydrogen (secondary N) is 1. The average molecular weight is 419 g/mol. The number of hydrogen-bond acceptors (Lipinski definition) is 5. The minimum absolute atomic E-state index is 0.334. The molecule has 0 bridgehead atoms. The lowest BCUT2D eigenvalue weighted by Gasteiger charge is -2.34. The van der Waals surface area contributed by atoms with Crippen molar-refractivity contribution in [1.82, 2.24) is 15.2 Å². The second-order valence-corrected chi connectivity index (χ2v) is 8.19. The Morgan fingerprint density at radius 2 is 1.90 bits per heavy atom. The zero-order valence-electron chi connectivity index (χ0n) is 18.6. The van der Waals surface area contributed by atoms with Crippen LogP contribution >= 0.6 is 0 Å². The summed E-state index contributed by atoms with van der Waals surface area (Å²) in [6.07, 6.45) is 11.8. The van der Waals surface area contributed by atoms with E-state index in [4.69, 9.17) is 14.2 Å². The number of hydrogen-bond donors (Lipinski definition) is 1. The van der Waals surface area contributed by atoms with Gasteiger partial charge in [0.25, 0.3) is 0 Å². The van der Waals surface area contributed by atoms with Crippen LogP contribution in [0.1, 0.15) is 56.9 Å². The predicted molar refractivity (Wildman–Crippen MR) is 119 cm³/mol. The van der Waals surface area contributed by atoms with Crippen molar-refractivity contribution in [2.75, 3.05) is 40.5 Å². The van der Waals surface area contributed by atoms with Crippen LogP contribution < -0.4 is 10.1 Å². The molecule has 1 aromatic rings. The number of likely N-dealkylation sites (tertiary alicyclic amines) is 1. The quantitative estimate of drug-likeness (QED) is 0.377. The molecular formula is C23H38N4O3. The van der Waals surface area contributed by atoms with Gasteiger partial charge in [-0.1, -0.05) is 12.5 Å². The molecule has 30 heavy (non-hydrogen) atoms. The van der Waals surface area contributed by atoms with Crippen LogP contribution in [0, 0.1) is 0 Å². The molecule has 0 atom stereocenters. The van der Waals surface area contributed by atoms with Gasteiger partial charge < -0.3 is 24.4 Å². The van der Waals surface area contributed by atoms with E-state index in [9.17, 15) is 0 Å². The molecule has 0 unspecified atom stereocenters. The van der Waals surface area contributed by atoms with Gasteiger partial charge in [-0.2, -0.15) is 0 Å². The Bertz CT molecular complexity index is 624. The third kappa shape index (κ3) is 7.43. The molecule has 168 valence electrons. The second-order valence-electron chi connectivity index (χ2n) is 8.19. The Hall–Kier alpha value is -1.86. The van der Waals surface area contributed by atoms with Gasteiger partial charge in [0.1, 0.15) is 6.10 Å². The molecule has 2 aliphatic rings. The first kappa shape index (κ1) is 22.8. The summed E-state index contributed by atoms with van der Waals surface area (Å²) in [4.78, 5) is 11.3. The fraction of sp³-hybridized carbons (Fsp3) is 0.739. The number of nitrogens with zero attached hydrogens (tertiary/aromatic N) is 3. The van der Waals surface area contributed by atoms with Gasteiger partial charge in [0.2, 0.25) is 5.88 Å². The van der Waals surface area contributed by atoms with E-state index in [-0.39, 0.29) is 0 Å². The Kier molecular flexibility index (Phi) is 9.70. The molecule has 1 saturated carbocycles. The van der Waals surface area contributed by atoms with Crippen LogP contribution in [0.15, 0.2) is 23.3 Å². The van der Waals surface area contributed by atoms with Crippen LogP contribution in [0.4, 0.5) is 0 Å². The Morgan fingerprint density at radius 1 is 1.10 bits per heavy atom. The van der Waals surface area contributed by atoms with E-state index in [1.165, 1.54) is 19.3 Å². The van der Waals surface area contributed by atoms with Crippen LogP contribution in [-0.2, 0) is 16.0 Å². The molecule has 1 aromatic heterocycles. The molecule has 0 aromatic carbocycles. The largest absolute Gasteiger partial charge is 0.474 e. The van der Waals surface area contributed by atoms with Gasteiger partial charge in [-0.15, -0.1) is 0 Å². The van der Waals surface area contributed by atoms with E-state index >= 15 is 0 Å². The maximum atomic E-state index is 6.02. The number of guanidine groups is 1. The van der Waals surface area contributed by atoms with Gasteiger partial charge >= 0.3 is 0 Å². The standard InChI is InChI=1S/C23H38N4O3/c1-24-23(27-13-11-20(12-14-27)29-16-6-15-28-2)26-18-19-9-10-22(25-17-19)30-21-7-4-3-5-8-21/h9-10,17,20-21H,3-8,11-16,18H2,1-2H3,(H,24,26). The monoisotopic (exact) mass is 418 g/mol. The van der Waals surface area contributed by atoms with Crippen LogP contribution in [0.2, 0.25) is 0 Å². The Balaban J connectivity index is 1.38. The molecule has 2 heterocycles. The summed E-state index contributed by atoms with van der Waals surface area (Å²) in [5, 5.41) is 3.47. The van der Waals surface area contributed by atoms with Crippen molar-refractivity contribution in [3.8, 4) is 5.88 Å². The summed E-state index contributed by atoms with van der Waals surface area (Å²) < 4.78 is 17.1. The molecular weight excluding hydrogens is 380 g/mol. The summed E-state index contributed by atoms with van der Waals surface area (Å²) >= 11 is 0. The molecule has 0 amide bonds. The van der Waals surface area contributed by atoms with E-state index < -0.39 is 0 Å². The van der Waals surface area contributed by atoms with Crippen molar-refractivity contribution in [2.24, 2.45) is 4.99 Å². The molecule has 1 aliphatic carbocycles. The highest BCUT2D eigenvalue weighted by molar-refractivity contribution is 5.79. The van der Waals surface area contributed by atoms with Crippen molar-refractivity contribution in [3.63, 3.8) is 0 Å². The first-order valence-electron chi connectivity index (χ1n) is 11.5. The minimum Gasteiger partial charge on any atom is -0.474 e. The van der Waals surface area contributed by atoms with Gasteiger partial charge in [-0.3, -0.25) is 4.99 Å². The molecule has 7 heteroatoms. The molecule has 3 rings (SSSR count). The van der Waals surface area contributed by atoms with E-state index in [0.717, 1.165) is 75.8 Å². The molecule has 0 spiro atoms. The molecule has 7 nitrogen and oxygen atoms in total. The third-order valence-electron chi connectivity index (χ3n) is 5.89. The first-order chi connectivity index (χ1) is 14.8. The summed E-state index contributed by atoms with van der Waals surface area (Å²) in [6.45, 7) is 4.16. The number of aromatic nitrogens is 1. The average Bonchev–Trinajstić information content (AvgIpc) is 2.80. The predicted octanol–water partition coefficient (Wildman–Crippen LogP) is 3.39. The highest BCUT2D eigenvalue weighted by Crippen LogP contribution is 2.22. The van der Waals surface area contributed by atoms with Crippen molar-refractivity contribution < 1.29 is 14.2 Å². The maximum Gasteiger partial charge on any atom is 0.213 e. The van der Waals surface area contributed by atoms with Crippen LogP contribution in [0.3, 0.4) is 0 Å². The molecule has 1 saturated heterocycles. The van der Waals surface area contributed by atoms with Gasteiger partial charge in [-0.05, 0) is 50.5 Å². The number of aliphatic imine (C=N–C) groups is 1. The summed E-state index contributed by atoms with van der Waals surface area (Å²) in [5.74, 6) is 1.68. The van der Waals surface area contributed by atoms with Crippen LogP contribution in [0.5, 0.6) is 5.88 Å². The number of piperidine rings is 1. The van der Waals surface area contributed by atoms with E-state index in [1.807, 2.05) is 19.3 Å². The first-order valence-corrected chi connectivity index (χ1v) is 11.5. The van der Waals surface area contributed by atoms with Crippen LogP contribution in [-0.4, -0.2) is 68.5 Å². The number of rotatable bonds is 9. The summed E-state index contributed by atoms with van der Waals surface area (Å²) in [5.41, 5.74) is 1.13. The van der Waals surface area contributed by atoms with E-state index in [1.54, 1.807) is 7.11 Å². The SMILES string of the molecule is CN=C(NCc1ccc(OC2CCCCC2)nc1)N1CCC(OCCCOC)CC1. The molecule has 2 fully saturated rings. The zero-order valence-corrected chi connectivity index (χ0v) is 18.6. The normalized spacial score (nSPS) is 19.1.